The average molecular weight is 405 g/mol. The van der Waals surface area contributed by atoms with E-state index in [0.717, 1.165) is 21.9 Å². The quantitative estimate of drug-likeness (QED) is 0.544. The molecule has 0 saturated heterocycles. The molecule has 0 radical (unpaired) electrons. The first-order valence-electron chi connectivity index (χ1n) is 7.88. The van der Waals surface area contributed by atoms with Crippen LogP contribution in [0.25, 0.3) is 11.3 Å². The van der Waals surface area contributed by atoms with Crippen LogP contribution in [0.15, 0.2) is 58.8 Å². The predicted octanol–water partition coefficient (Wildman–Crippen LogP) is 5.59. The van der Waals surface area contributed by atoms with E-state index in [1.54, 1.807) is 7.11 Å². The molecule has 0 saturated carbocycles. The van der Waals surface area contributed by atoms with E-state index in [0.29, 0.717) is 10.2 Å². The van der Waals surface area contributed by atoms with Crippen LogP contribution in [0.3, 0.4) is 0 Å². The van der Waals surface area contributed by atoms with Gasteiger partial charge in [0.1, 0.15) is 5.75 Å². The van der Waals surface area contributed by atoms with Crippen LogP contribution in [-0.4, -0.2) is 23.3 Å². The minimum atomic E-state index is -0.250. The predicted molar refractivity (Wildman–Crippen MR) is 110 cm³/mol. The lowest BCUT2D eigenvalue weighted by molar-refractivity contribution is -0.115. The van der Waals surface area contributed by atoms with E-state index in [1.807, 2.05) is 60.8 Å². The lowest BCUT2D eigenvalue weighted by Gasteiger charge is -2.10. The van der Waals surface area contributed by atoms with E-state index in [4.69, 9.17) is 16.3 Å². The minimum Gasteiger partial charge on any atom is -0.497 e. The number of ether oxygens (including phenoxy) is 1. The Balaban J connectivity index is 1.64. The van der Waals surface area contributed by atoms with Gasteiger partial charge in [0, 0.05) is 20.9 Å². The molecule has 134 valence electrons. The fraction of sp³-hybridized carbons (Fsp3) is 0.158. The number of halogens is 1. The summed E-state index contributed by atoms with van der Waals surface area (Å²) >= 11 is 8.77. The summed E-state index contributed by atoms with van der Waals surface area (Å²) in [6, 6.07) is 15.1. The molecule has 1 unspecified atom stereocenters. The minimum absolute atomic E-state index is 0.0866. The van der Waals surface area contributed by atoms with Crippen LogP contribution >= 0.6 is 34.7 Å². The highest BCUT2D eigenvalue weighted by atomic mass is 35.5. The van der Waals surface area contributed by atoms with Gasteiger partial charge in [-0.25, -0.2) is 4.98 Å². The molecule has 3 aromatic rings. The number of hydrogen-bond donors (Lipinski definition) is 1. The molecule has 1 N–H and O–H groups in total. The van der Waals surface area contributed by atoms with E-state index >= 15 is 0 Å². The highest BCUT2D eigenvalue weighted by Crippen LogP contribution is 2.29. The van der Waals surface area contributed by atoms with Crippen molar-refractivity contribution in [2.45, 2.75) is 17.1 Å². The molecule has 0 aliphatic carbocycles. The fourth-order valence-corrected chi connectivity index (χ4v) is 3.94. The van der Waals surface area contributed by atoms with Crippen LogP contribution in [0, 0.1) is 0 Å². The summed E-state index contributed by atoms with van der Waals surface area (Å²) in [4.78, 5) is 17.9. The lowest BCUT2D eigenvalue weighted by atomic mass is 10.2. The molecule has 0 bridgehead atoms. The van der Waals surface area contributed by atoms with Crippen molar-refractivity contribution in [3.8, 4) is 17.0 Å². The maximum atomic E-state index is 12.4. The Labute approximate surface area is 165 Å². The first-order valence-corrected chi connectivity index (χ1v) is 10.0. The normalized spacial score (nSPS) is 11.8. The van der Waals surface area contributed by atoms with Gasteiger partial charge in [0.05, 0.1) is 18.1 Å². The Morgan fingerprint density at radius 1 is 1.27 bits per heavy atom. The molecule has 3 rings (SSSR count). The zero-order valence-electron chi connectivity index (χ0n) is 14.2. The topological polar surface area (TPSA) is 51.2 Å². The number of nitrogens with zero attached hydrogens (tertiary/aromatic N) is 1. The van der Waals surface area contributed by atoms with Crippen LogP contribution in [0.4, 0.5) is 5.13 Å². The fourth-order valence-electron chi connectivity index (χ4n) is 2.22. The van der Waals surface area contributed by atoms with E-state index in [-0.39, 0.29) is 11.2 Å². The molecule has 4 nitrogen and oxygen atoms in total. The number of anilines is 1. The number of methoxy groups -OCH3 is 1. The zero-order valence-corrected chi connectivity index (χ0v) is 16.6. The van der Waals surface area contributed by atoms with Crippen molar-refractivity contribution in [1.82, 2.24) is 4.98 Å². The average Bonchev–Trinajstić information content (AvgIpc) is 3.12. The number of thioether (sulfide) groups is 1. The summed E-state index contributed by atoms with van der Waals surface area (Å²) in [6.45, 7) is 1.87. The van der Waals surface area contributed by atoms with Crippen LogP contribution < -0.4 is 10.1 Å². The number of thiazole rings is 1. The summed E-state index contributed by atoms with van der Waals surface area (Å²) in [6.07, 6.45) is 0. The van der Waals surface area contributed by atoms with Crippen molar-refractivity contribution in [3.05, 3.63) is 58.9 Å². The van der Waals surface area contributed by atoms with Gasteiger partial charge in [0.25, 0.3) is 0 Å². The SMILES string of the molecule is COc1cccc(-c2csc(NC(=O)C(C)Sc3ccc(Cl)cc3)n2)c1. The number of hydrogen-bond acceptors (Lipinski definition) is 5. The van der Waals surface area contributed by atoms with Crippen molar-refractivity contribution in [1.29, 1.82) is 0 Å². The number of nitrogens with one attached hydrogen (secondary N) is 1. The van der Waals surface area contributed by atoms with Crippen LogP contribution in [0.2, 0.25) is 5.02 Å². The van der Waals surface area contributed by atoms with Gasteiger partial charge < -0.3 is 10.1 Å². The van der Waals surface area contributed by atoms with E-state index in [1.165, 1.54) is 23.1 Å². The third-order valence-corrected chi connectivity index (χ3v) is 5.72. The maximum absolute atomic E-state index is 12.4. The summed E-state index contributed by atoms with van der Waals surface area (Å²) < 4.78 is 5.24. The van der Waals surface area contributed by atoms with Gasteiger partial charge in [-0.2, -0.15) is 0 Å². The van der Waals surface area contributed by atoms with Crippen LogP contribution in [-0.2, 0) is 4.79 Å². The largest absolute Gasteiger partial charge is 0.497 e. The molecule has 1 amide bonds. The molecule has 0 fully saturated rings. The molecular formula is C19H17ClN2O2S2. The van der Waals surface area contributed by atoms with Crippen molar-refractivity contribution in [2.75, 3.05) is 12.4 Å². The highest BCUT2D eigenvalue weighted by molar-refractivity contribution is 8.00. The van der Waals surface area contributed by atoms with Gasteiger partial charge in [0.2, 0.25) is 5.91 Å². The molecule has 0 aliphatic rings. The molecule has 26 heavy (non-hydrogen) atoms. The second-order valence-corrected chi connectivity index (χ2v) is 8.18. The summed E-state index contributed by atoms with van der Waals surface area (Å²) in [5, 5.41) is 5.81. The van der Waals surface area contributed by atoms with Crippen molar-refractivity contribution in [2.24, 2.45) is 0 Å². The zero-order chi connectivity index (χ0) is 18.5. The third kappa shape index (κ3) is 4.78. The Hall–Kier alpha value is -2.02. The van der Waals surface area contributed by atoms with Gasteiger partial charge >= 0.3 is 0 Å². The second-order valence-electron chi connectivity index (χ2n) is 5.47. The van der Waals surface area contributed by atoms with Gasteiger partial charge in [0.15, 0.2) is 5.13 Å². The Morgan fingerprint density at radius 2 is 2.04 bits per heavy atom. The van der Waals surface area contributed by atoms with Crippen LogP contribution in [0.5, 0.6) is 5.75 Å². The van der Waals surface area contributed by atoms with Gasteiger partial charge in [-0.15, -0.1) is 23.1 Å². The van der Waals surface area contributed by atoms with Gasteiger partial charge in [-0.3, -0.25) is 4.79 Å². The third-order valence-electron chi connectivity index (χ3n) is 3.60. The number of amides is 1. The number of carbonyl (C=O) groups is 1. The molecule has 1 heterocycles. The first-order chi connectivity index (χ1) is 12.5. The van der Waals surface area contributed by atoms with Crippen molar-refractivity contribution in [3.63, 3.8) is 0 Å². The maximum Gasteiger partial charge on any atom is 0.239 e. The summed E-state index contributed by atoms with van der Waals surface area (Å²) in [7, 11) is 1.63. The molecule has 1 atom stereocenters. The number of aromatic nitrogens is 1. The number of rotatable bonds is 6. The van der Waals surface area contributed by atoms with E-state index < -0.39 is 0 Å². The smallest absolute Gasteiger partial charge is 0.239 e. The molecule has 2 aromatic carbocycles. The van der Waals surface area contributed by atoms with Crippen molar-refractivity contribution >= 4 is 45.7 Å². The van der Waals surface area contributed by atoms with Crippen LogP contribution in [0.1, 0.15) is 6.92 Å². The van der Waals surface area contributed by atoms with E-state index in [9.17, 15) is 4.79 Å². The van der Waals surface area contributed by atoms with E-state index in [2.05, 4.69) is 10.3 Å². The second kappa shape index (κ2) is 8.58. The standard InChI is InChI=1S/C19H17ClN2O2S2/c1-12(26-16-8-6-14(20)7-9-16)18(23)22-19-21-17(11-25-19)13-4-3-5-15(10-13)24-2/h3-12H,1-2H3,(H,21,22,23). The Morgan fingerprint density at radius 3 is 2.77 bits per heavy atom. The van der Waals surface area contributed by atoms with Gasteiger partial charge in [-0.1, -0.05) is 23.7 Å². The molecule has 0 spiro atoms. The number of benzene rings is 2. The van der Waals surface area contributed by atoms with Crippen molar-refractivity contribution < 1.29 is 9.53 Å². The monoisotopic (exact) mass is 404 g/mol. The summed E-state index contributed by atoms with van der Waals surface area (Å²) in [5.41, 5.74) is 1.76. The Bertz CT molecular complexity index is 897. The Kier molecular flexibility index (Phi) is 6.19. The molecule has 0 aliphatic heterocycles. The van der Waals surface area contributed by atoms with Gasteiger partial charge in [-0.05, 0) is 43.3 Å². The lowest BCUT2D eigenvalue weighted by Crippen LogP contribution is -2.22. The molecule has 1 aromatic heterocycles. The first kappa shape index (κ1) is 18.8. The highest BCUT2D eigenvalue weighted by Gasteiger charge is 2.16. The molecular weight excluding hydrogens is 388 g/mol. The summed E-state index contributed by atoms with van der Waals surface area (Å²) in [5.74, 6) is 0.686. The number of carbonyl (C=O) groups excluding carboxylic acids is 1. The molecule has 7 heteroatoms.